The van der Waals surface area contributed by atoms with Gasteiger partial charge in [-0.25, -0.2) is 26.5 Å². The molecule has 0 saturated carbocycles. The SMILES string of the molecule is CN1C(=N)N[C@](C)(c2c(F)ccc(NC(=O)c3ccc(Cl)cn3)c2F)CS1(=O)=O. The summed E-state index contributed by atoms with van der Waals surface area (Å²) in [5.74, 6) is -4.16. The zero-order valence-corrected chi connectivity index (χ0v) is 16.8. The molecule has 1 aromatic carbocycles. The Labute approximate surface area is 170 Å². The summed E-state index contributed by atoms with van der Waals surface area (Å²) in [5.41, 5.74) is -2.79. The molecule has 1 amide bonds. The van der Waals surface area contributed by atoms with Crippen LogP contribution in [0.25, 0.3) is 0 Å². The van der Waals surface area contributed by atoms with Gasteiger partial charge in [-0.3, -0.25) is 10.2 Å². The van der Waals surface area contributed by atoms with Crippen molar-refractivity contribution in [3.05, 3.63) is 58.4 Å². The van der Waals surface area contributed by atoms with E-state index in [1.54, 1.807) is 0 Å². The van der Waals surface area contributed by atoms with Gasteiger partial charge in [0, 0.05) is 13.2 Å². The molecule has 0 spiro atoms. The van der Waals surface area contributed by atoms with E-state index in [9.17, 15) is 17.6 Å². The van der Waals surface area contributed by atoms with Crippen molar-refractivity contribution in [3.63, 3.8) is 0 Å². The molecule has 29 heavy (non-hydrogen) atoms. The maximum absolute atomic E-state index is 15.2. The summed E-state index contributed by atoms with van der Waals surface area (Å²) in [7, 11) is -2.82. The van der Waals surface area contributed by atoms with Crippen molar-refractivity contribution in [2.75, 3.05) is 18.1 Å². The first-order chi connectivity index (χ1) is 13.4. The summed E-state index contributed by atoms with van der Waals surface area (Å²) >= 11 is 5.71. The van der Waals surface area contributed by atoms with E-state index in [0.717, 1.165) is 19.2 Å². The molecule has 2 heterocycles. The summed E-state index contributed by atoms with van der Waals surface area (Å²) in [6, 6.07) is 4.68. The smallest absolute Gasteiger partial charge is 0.274 e. The van der Waals surface area contributed by atoms with Crippen molar-refractivity contribution in [3.8, 4) is 0 Å². The van der Waals surface area contributed by atoms with Crippen molar-refractivity contribution in [1.82, 2.24) is 14.6 Å². The molecule has 2 aromatic rings. The van der Waals surface area contributed by atoms with Gasteiger partial charge in [0.25, 0.3) is 5.91 Å². The highest BCUT2D eigenvalue weighted by Crippen LogP contribution is 2.34. The third kappa shape index (κ3) is 3.87. The van der Waals surface area contributed by atoms with Gasteiger partial charge in [0.15, 0.2) is 5.82 Å². The van der Waals surface area contributed by atoms with Crippen molar-refractivity contribution in [2.24, 2.45) is 0 Å². The fourth-order valence-electron chi connectivity index (χ4n) is 2.96. The number of carbonyl (C=O) groups excluding carboxylic acids is 1. The van der Waals surface area contributed by atoms with Gasteiger partial charge in [0.05, 0.1) is 27.6 Å². The number of guanidine groups is 1. The van der Waals surface area contributed by atoms with E-state index in [-0.39, 0.29) is 11.4 Å². The van der Waals surface area contributed by atoms with Gasteiger partial charge in [-0.2, -0.15) is 0 Å². The number of hydrogen-bond donors (Lipinski definition) is 3. The minimum atomic E-state index is -3.98. The Morgan fingerprint density at radius 2 is 2.03 bits per heavy atom. The quantitative estimate of drug-likeness (QED) is 0.673. The number of aromatic nitrogens is 1. The van der Waals surface area contributed by atoms with Crippen molar-refractivity contribution in [1.29, 1.82) is 5.41 Å². The molecule has 8 nitrogen and oxygen atoms in total. The van der Waals surface area contributed by atoms with Gasteiger partial charge < -0.3 is 10.6 Å². The highest BCUT2D eigenvalue weighted by molar-refractivity contribution is 7.89. The van der Waals surface area contributed by atoms with Crippen LogP contribution in [0.15, 0.2) is 30.5 Å². The summed E-state index contributed by atoms with van der Waals surface area (Å²) in [5, 5.41) is 12.9. The van der Waals surface area contributed by atoms with Crippen LogP contribution in [-0.4, -0.2) is 42.4 Å². The van der Waals surface area contributed by atoms with Crippen LogP contribution in [0.3, 0.4) is 0 Å². The molecule has 12 heteroatoms. The third-order valence-corrected chi connectivity index (χ3v) is 6.63. The van der Waals surface area contributed by atoms with Gasteiger partial charge in [-0.1, -0.05) is 11.6 Å². The zero-order valence-electron chi connectivity index (χ0n) is 15.3. The van der Waals surface area contributed by atoms with E-state index in [1.165, 1.54) is 25.3 Å². The molecule has 1 atom stereocenters. The van der Waals surface area contributed by atoms with Gasteiger partial charge in [-0.15, -0.1) is 0 Å². The van der Waals surface area contributed by atoms with Gasteiger partial charge in [0.1, 0.15) is 11.5 Å². The van der Waals surface area contributed by atoms with E-state index in [4.69, 9.17) is 17.0 Å². The second-order valence-corrected chi connectivity index (χ2v) is 9.07. The Balaban J connectivity index is 2.00. The molecule has 0 unspecified atom stereocenters. The number of hydrogen-bond acceptors (Lipinski definition) is 5. The fraction of sp³-hybridized carbons (Fsp3) is 0.235. The average molecular weight is 444 g/mol. The zero-order chi connectivity index (χ0) is 21.6. The lowest BCUT2D eigenvalue weighted by Gasteiger charge is -2.40. The number of anilines is 1. The molecule has 1 saturated heterocycles. The fourth-order valence-corrected chi connectivity index (χ4v) is 4.54. The lowest BCUT2D eigenvalue weighted by molar-refractivity contribution is 0.102. The maximum atomic E-state index is 15.2. The van der Waals surface area contributed by atoms with Gasteiger partial charge in [0.2, 0.25) is 16.0 Å². The summed E-state index contributed by atoms with van der Waals surface area (Å²) in [6.45, 7) is 1.26. The Morgan fingerprint density at radius 1 is 1.34 bits per heavy atom. The minimum absolute atomic E-state index is 0.0485. The number of benzene rings is 1. The molecule has 3 N–H and O–H groups in total. The predicted octanol–water partition coefficient (Wildman–Crippen LogP) is 2.28. The Bertz CT molecular complexity index is 1110. The summed E-state index contributed by atoms with van der Waals surface area (Å²) < 4.78 is 55.0. The first-order valence-corrected chi connectivity index (χ1v) is 10.2. The average Bonchev–Trinajstić information content (AvgIpc) is 2.62. The number of nitrogens with zero attached hydrogens (tertiary/aromatic N) is 2. The Hall–Kier alpha value is -2.79. The van der Waals surface area contributed by atoms with Crippen molar-refractivity contribution in [2.45, 2.75) is 12.5 Å². The Morgan fingerprint density at radius 3 is 2.62 bits per heavy atom. The molecule has 1 aromatic heterocycles. The van der Waals surface area contributed by atoms with Gasteiger partial charge >= 0.3 is 0 Å². The standard InChI is InChI=1S/C17H16ClF2N5O3S/c1-17(8-29(27,28)25(2)16(21)24-17)13-10(19)4-6-11(14(13)20)23-15(26)12-5-3-9(18)7-22-12/h3-7H,8H2,1-2H3,(H2,21,24)(H,23,26)/t17-/m0/s1. The summed E-state index contributed by atoms with van der Waals surface area (Å²) in [6.07, 6.45) is 1.24. The number of carbonyl (C=O) groups is 1. The largest absolute Gasteiger partial charge is 0.345 e. The van der Waals surface area contributed by atoms with Crippen molar-refractivity contribution >= 4 is 39.2 Å². The normalized spacial score (nSPS) is 20.9. The molecule has 0 bridgehead atoms. The molecule has 0 aliphatic carbocycles. The highest BCUT2D eigenvalue weighted by Gasteiger charge is 2.45. The van der Waals surface area contributed by atoms with E-state index >= 15 is 4.39 Å². The first kappa shape index (κ1) is 20.9. The first-order valence-electron chi connectivity index (χ1n) is 8.19. The number of pyridine rings is 1. The Kier molecular flexibility index (Phi) is 5.22. The molecule has 0 radical (unpaired) electrons. The number of sulfonamides is 1. The number of nitrogens with one attached hydrogen (secondary N) is 3. The second-order valence-electron chi connectivity index (χ2n) is 6.63. The van der Waals surface area contributed by atoms with E-state index in [0.29, 0.717) is 9.33 Å². The van der Waals surface area contributed by atoms with Crippen LogP contribution in [0.2, 0.25) is 5.02 Å². The molecular formula is C17H16ClF2N5O3S. The van der Waals surface area contributed by atoms with Gasteiger partial charge in [-0.05, 0) is 31.2 Å². The topological polar surface area (TPSA) is 115 Å². The molecule has 154 valence electrons. The van der Waals surface area contributed by atoms with E-state index in [1.807, 2.05) is 0 Å². The monoisotopic (exact) mass is 443 g/mol. The van der Waals surface area contributed by atoms with Crippen LogP contribution in [0.1, 0.15) is 23.0 Å². The third-order valence-electron chi connectivity index (χ3n) is 4.45. The van der Waals surface area contributed by atoms with Crippen LogP contribution < -0.4 is 10.6 Å². The molecular weight excluding hydrogens is 428 g/mol. The number of amides is 1. The highest BCUT2D eigenvalue weighted by atomic mass is 35.5. The lowest BCUT2D eigenvalue weighted by Crippen LogP contribution is -2.61. The predicted molar refractivity (Wildman–Crippen MR) is 103 cm³/mol. The van der Waals surface area contributed by atoms with E-state index in [2.05, 4.69) is 15.6 Å². The van der Waals surface area contributed by atoms with Crippen LogP contribution in [0.4, 0.5) is 14.5 Å². The van der Waals surface area contributed by atoms with E-state index < -0.39 is 50.4 Å². The minimum Gasteiger partial charge on any atom is -0.345 e. The lowest BCUT2D eigenvalue weighted by atomic mass is 9.92. The second kappa shape index (κ2) is 7.23. The molecule has 3 rings (SSSR count). The van der Waals surface area contributed by atoms with Crippen LogP contribution in [0, 0.1) is 17.0 Å². The van der Waals surface area contributed by atoms with Crippen molar-refractivity contribution < 1.29 is 22.0 Å². The summed E-state index contributed by atoms with van der Waals surface area (Å²) in [4.78, 5) is 16.1. The number of rotatable bonds is 3. The molecule has 1 aliphatic heterocycles. The molecule has 1 aliphatic rings. The number of halogens is 3. The maximum Gasteiger partial charge on any atom is 0.274 e. The van der Waals surface area contributed by atoms with Crippen LogP contribution in [-0.2, 0) is 15.6 Å². The van der Waals surface area contributed by atoms with Crippen LogP contribution in [0.5, 0.6) is 0 Å². The van der Waals surface area contributed by atoms with Crippen LogP contribution >= 0.6 is 11.6 Å². The molecule has 1 fully saturated rings.